The van der Waals surface area contributed by atoms with Gasteiger partial charge in [0, 0.05) is 0 Å². The predicted octanol–water partition coefficient (Wildman–Crippen LogP) is 0.908. The number of rotatable bonds is 3. The number of sulfone groups is 1. The van der Waals surface area contributed by atoms with E-state index in [1.807, 2.05) is 0 Å². The van der Waals surface area contributed by atoms with Crippen LogP contribution < -0.4 is 0 Å². The summed E-state index contributed by atoms with van der Waals surface area (Å²) in [6.07, 6.45) is 1.72. The van der Waals surface area contributed by atoms with Gasteiger partial charge in [-0.15, -0.1) is 0 Å². The molecule has 3 nitrogen and oxygen atoms in total. The standard InChI is InChI=1S/C10H10O3S.Ni/c1-7-4-8(2)10(14(3,12)13)5-9(7)6-11;/h1,4-6H,2-3H3;. The van der Waals surface area contributed by atoms with Crippen LogP contribution in [0, 0.1) is 6.92 Å². The van der Waals surface area contributed by atoms with Crippen LogP contribution in [0.5, 0.6) is 0 Å². The molecule has 15 heavy (non-hydrogen) atoms. The summed E-state index contributed by atoms with van der Waals surface area (Å²) >= 11 is 4.44. The third-order valence-electron chi connectivity index (χ3n) is 2.01. The Balaban J connectivity index is 3.59. The van der Waals surface area contributed by atoms with E-state index in [4.69, 9.17) is 0 Å². The molecule has 0 radical (unpaired) electrons. The van der Waals surface area contributed by atoms with E-state index < -0.39 is 9.84 Å². The van der Waals surface area contributed by atoms with Crippen LogP contribution in [0.15, 0.2) is 17.0 Å². The Morgan fingerprint density at radius 2 is 1.87 bits per heavy atom. The van der Waals surface area contributed by atoms with E-state index in [0.29, 0.717) is 23.0 Å². The molecule has 0 aliphatic heterocycles. The molecule has 5 heteroatoms. The second kappa shape index (κ2) is 4.37. The molecule has 1 aromatic rings. The van der Waals surface area contributed by atoms with E-state index >= 15 is 0 Å². The number of carbonyl (C=O) groups is 1. The fourth-order valence-corrected chi connectivity index (χ4v) is 2.54. The van der Waals surface area contributed by atoms with Crippen molar-refractivity contribution in [2.24, 2.45) is 0 Å². The maximum atomic E-state index is 11.4. The first-order valence-corrected chi connectivity index (χ1v) is 6.56. The van der Waals surface area contributed by atoms with Crippen LogP contribution >= 0.6 is 0 Å². The molecule has 0 spiro atoms. The molecule has 0 atom stereocenters. The van der Waals surface area contributed by atoms with E-state index in [9.17, 15) is 13.2 Å². The van der Waals surface area contributed by atoms with Crippen LogP contribution in [-0.4, -0.2) is 26.0 Å². The molecule has 0 amide bonds. The van der Waals surface area contributed by atoms with Crippen LogP contribution in [0.1, 0.15) is 21.5 Å². The minimum atomic E-state index is -3.29. The monoisotopic (exact) mass is 268 g/mol. The Bertz CT molecular complexity index is 518. The van der Waals surface area contributed by atoms with Gasteiger partial charge in [0.2, 0.25) is 0 Å². The van der Waals surface area contributed by atoms with E-state index in [0.717, 1.165) is 6.26 Å². The van der Waals surface area contributed by atoms with E-state index in [-0.39, 0.29) is 4.90 Å². The van der Waals surface area contributed by atoms with Gasteiger partial charge in [0.1, 0.15) is 0 Å². The van der Waals surface area contributed by atoms with Crippen LogP contribution in [0.25, 0.3) is 0 Å². The van der Waals surface area contributed by atoms with Crippen molar-refractivity contribution in [3.8, 4) is 0 Å². The fraction of sp³-hybridized carbons (Fsp3) is 0.200. The van der Waals surface area contributed by atoms with Crippen molar-refractivity contribution in [2.75, 3.05) is 6.26 Å². The Labute approximate surface area is 96.3 Å². The quantitative estimate of drug-likeness (QED) is 0.605. The topological polar surface area (TPSA) is 51.2 Å². The summed E-state index contributed by atoms with van der Waals surface area (Å²) in [5.74, 6) is 0. The SMILES string of the molecule is Cc1cc([CH]=[Ni])c(C=O)cc1S(C)(=O)=O. The van der Waals surface area contributed by atoms with Crippen LogP contribution in [-0.2, 0) is 24.9 Å². The molecule has 0 heterocycles. The summed E-state index contributed by atoms with van der Waals surface area (Å²) in [6, 6.07) is 2.98. The van der Waals surface area contributed by atoms with Crippen molar-refractivity contribution in [3.63, 3.8) is 0 Å². The Morgan fingerprint density at radius 1 is 1.27 bits per heavy atom. The molecule has 0 aliphatic carbocycles. The van der Waals surface area contributed by atoms with Gasteiger partial charge in [-0.3, -0.25) is 0 Å². The molecule has 0 aromatic heterocycles. The van der Waals surface area contributed by atoms with Gasteiger partial charge in [-0.1, -0.05) is 0 Å². The average Bonchev–Trinajstić information content (AvgIpc) is 2.15. The molecular weight excluding hydrogens is 259 g/mol. The third-order valence-corrected chi connectivity index (χ3v) is 3.55. The second-order valence-electron chi connectivity index (χ2n) is 3.23. The molecule has 1 rings (SSSR count). The normalized spacial score (nSPS) is 11.2. The van der Waals surface area contributed by atoms with Crippen molar-refractivity contribution < 1.29 is 28.2 Å². The number of hydrogen-bond donors (Lipinski definition) is 0. The summed E-state index contributed by atoms with van der Waals surface area (Å²) in [4.78, 5) is 12.3. The summed E-state index contributed by atoms with van der Waals surface area (Å²) in [6.45, 7) is 1.68. The zero-order valence-electron chi connectivity index (χ0n) is 8.26. The van der Waals surface area contributed by atoms with E-state index in [2.05, 4.69) is 15.0 Å². The van der Waals surface area contributed by atoms with Gasteiger partial charge in [-0.25, -0.2) is 0 Å². The minimum absolute atomic E-state index is 0.176. The zero-order chi connectivity index (χ0) is 11.6. The van der Waals surface area contributed by atoms with Crippen molar-refractivity contribution in [2.45, 2.75) is 11.8 Å². The van der Waals surface area contributed by atoms with Gasteiger partial charge in [-0.05, 0) is 0 Å². The van der Waals surface area contributed by atoms with Gasteiger partial charge in [-0.2, -0.15) is 0 Å². The van der Waals surface area contributed by atoms with E-state index in [1.165, 1.54) is 11.1 Å². The number of carbonyl (C=O) groups excluding carboxylic acids is 1. The number of aldehydes is 1. The average molecular weight is 269 g/mol. The first-order chi connectivity index (χ1) is 6.90. The summed E-state index contributed by atoms with van der Waals surface area (Å²) < 4.78 is 22.7. The van der Waals surface area contributed by atoms with Gasteiger partial charge >= 0.3 is 96.3 Å². The fourth-order valence-electron chi connectivity index (χ4n) is 1.31. The van der Waals surface area contributed by atoms with Crippen molar-refractivity contribution in [3.05, 3.63) is 28.8 Å². The number of benzene rings is 1. The Morgan fingerprint density at radius 3 is 2.27 bits per heavy atom. The number of aryl methyl sites for hydroxylation is 1. The van der Waals surface area contributed by atoms with Crippen LogP contribution in [0.3, 0.4) is 0 Å². The Kier molecular flexibility index (Phi) is 3.58. The van der Waals surface area contributed by atoms with E-state index in [1.54, 1.807) is 13.0 Å². The van der Waals surface area contributed by atoms with Gasteiger partial charge in [0.25, 0.3) is 0 Å². The van der Waals surface area contributed by atoms with Crippen molar-refractivity contribution >= 4 is 21.1 Å². The molecule has 0 unspecified atom stereocenters. The molecule has 0 fully saturated rings. The molecule has 0 saturated carbocycles. The van der Waals surface area contributed by atoms with Gasteiger partial charge < -0.3 is 0 Å². The third kappa shape index (κ3) is 2.61. The van der Waals surface area contributed by atoms with Gasteiger partial charge in [0.05, 0.1) is 0 Å². The molecule has 84 valence electrons. The first kappa shape index (κ1) is 12.3. The second-order valence-corrected chi connectivity index (χ2v) is 5.50. The summed E-state index contributed by atoms with van der Waals surface area (Å²) in [5, 5.41) is 0. The maximum absolute atomic E-state index is 11.4. The summed E-state index contributed by atoms with van der Waals surface area (Å²) in [7, 11) is -3.29. The zero-order valence-corrected chi connectivity index (χ0v) is 10.1. The molecule has 1 aromatic carbocycles. The molecule has 0 N–H and O–H groups in total. The number of hydrogen-bond acceptors (Lipinski definition) is 3. The summed E-state index contributed by atoms with van der Waals surface area (Å²) in [5.41, 5.74) is 1.51. The molecule has 0 saturated heterocycles. The molecular formula is C10H10NiO3S. The van der Waals surface area contributed by atoms with Gasteiger partial charge in [0.15, 0.2) is 0 Å². The van der Waals surface area contributed by atoms with Crippen molar-refractivity contribution in [1.82, 2.24) is 0 Å². The van der Waals surface area contributed by atoms with Crippen molar-refractivity contribution in [1.29, 1.82) is 0 Å². The Hall–Kier alpha value is -0.796. The van der Waals surface area contributed by atoms with Crippen LogP contribution in [0.4, 0.5) is 0 Å². The molecule has 0 aliphatic rings. The first-order valence-electron chi connectivity index (χ1n) is 4.10. The van der Waals surface area contributed by atoms with Crippen LogP contribution in [0.2, 0.25) is 0 Å². The molecule has 0 bridgehead atoms. The predicted molar refractivity (Wildman–Crippen MR) is 54.8 cm³/mol.